The molecule has 0 N–H and O–H groups in total. The zero-order chi connectivity index (χ0) is 13.1. The lowest BCUT2D eigenvalue weighted by Gasteiger charge is -2.26. The second-order valence-electron chi connectivity index (χ2n) is 3.75. The van der Waals surface area contributed by atoms with Gasteiger partial charge >= 0.3 is 11.9 Å². The molecule has 1 aliphatic rings. The molecule has 0 bridgehead atoms. The van der Waals surface area contributed by atoms with Crippen molar-refractivity contribution in [1.82, 2.24) is 0 Å². The van der Waals surface area contributed by atoms with Gasteiger partial charge in [-0.3, -0.25) is 0 Å². The molecular formula is C12H12FNO4. The first-order valence-corrected chi connectivity index (χ1v) is 5.51. The Morgan fingerprint density at radius 1 is 1.33 bits per heavy atom. The first kappa shape index (κ1) is 12.3. The molecule has 0 aromatic heterocycles. The van der Waals surface area contributed by atoms with Crippen LogP contribution in [0.4, 0.5) is 10.1 Å². The van der Waals surface area contributed by atoms with Crippen LogP contribution in [-0.4, -0.2) is 31.6 Å². The summed E-state index contributed by atoms with van der Waals surface area (Å²) in [7, 11) is 0. The number of esters is 2. The first-order valence-electron chi connectivity index (χ1n) is 5.51. The number of hydrogen-bond donors (Lipinski definition) is 0. The molecule has 1 saturated heterocycles. The number of hydrogen-bond acceptors (Lipinski definition) is 5. The van der Waals surface area contributed by atoms with Crippen molar-refractivity contribution >= 4 is 17.6 Å². The third kappa shape index (κ3) is 2.58. The Balaban J connectivity index is 2.20. The Morgan fingerprint density at radius 3 is 2.56 bits per heavy atom. The van der Waals surface area contributed by atoms with E-state index in [1.54, 1.807) is 13.0 Å². The van der Waals surface area contributed by atoms with Crippen molar-refractivity contribution in [2.45, 2.75) is 6.92 Å². The molecular weight excluding hydrogens is 241 g/mol. The molecule has 0 aliphatic carbocycles. The molecule has 0 atom stereocenters. The fourth-order valence-corrected chi connectivity index (χ4v) is 1.70. The van der Waals surface area contributed by atoms with Gasteiger partial charge in [-0.25, -0.2) is 14.0 Å². The van der Waals surface area contributed by atoms with Gasteiger partial charge in [0.1, 0.15) is 13.1 Å². The Labute approximate surface area is 103 Å². The van der Waals surface area contributed by atoms with Crippen LogP contribution in [0.15, 0.2) is 18.2 Å². The van der Waals surface area contributed by atoms with Gasteiger partial charge < -0.3 is 14.4 Å². The maximum atomic E-state index is 13.6. The van der Waals surface area contributed by atoms with Gasteiger partial charge in [-0.2, -0.15) is 0 Å². The van der Waals surface area contributed by atoms with E-state index in [0.717, 1.165) is 0 Å². The van der Waals surface area contributed by atoms with E-state index in [4.69, 9.17) is 4.74 Å². The van der Waals surface area contributed by atoms with Crippen LogP contribution in [0.2, 0.25) is 0 Å². The van der Waals surface area contributed by atoms with Crippen molar-refractivity contribution < 1.29 is 23.5 Å². The quantitative estimate of drug-likeness (QED) is 0.596. The van der Waals surface area contributed by atoms with Gasteiger partial charge in [-0.05, 0) is 19.1 Å². The predicted molar refractivity (Wildman–Crippen MR) is 60.9 cm³/mol. The van der Waals surface area contributed by atoms with Gasteiger partial charge in [0.05, 0.1) is 6.61 Å². The van der Waals surface area contributed by atoms with Gasteiger partial charge in [0, 0.05) is 11.8 Å². The number of anilines is 1. The van der Waals surface area contributed by atoms with E-state index in [9.17, 15) is 14.0 Å². The number of rotatable bonds is 3. The lowest BCUT2D eigenvalue weighted by atomic mass is 10.2. The number of benzene rings is 1. The summed E-state index contributed by atoms with van der Waals surface area (Å²) in [6.45, 7) is 1.98. The highest BCUT2D eigenvalue weighted by atomic mass is 19.1. The average Bonchev–Trinajstić information content (AvgIpc) is 2.30. The minimum Gasteiger partial charge on any atom is -0.491 e. The molecule has 0 saturated carbocycles. The van der Waals surface area contributed by atoms with Crippen LogP contribution in [0.3, 0.4) is 0 Å². The van der Waals surface area contributed by atoms with E-state index < -0.39 is 17.8 Å². The molecule has 6 heteroatoms. The molecule has 0 radical (unpaired) electrons. The van der Waals surface area contributed by atoms with Gasteiger partial charge in [0.15, 0.2) is 11.6 Å². The third-order valence-electron chi connectivity index (χ3n) is 2.45. The van der Waals surface area contributed by atoms with Crippen molar-refractivity contribution in [1.29, 1.82) is 0 Å². The third-order valence-corrected chi connectivity index (χ3v) is 2.45. The molecule has 96 valence electrons. The molecule has 2 rings (SSSR count). The van der Waals surface area contributed by atoms with Crippen LogP contribution in [-0.2, 0) is 14.3 Å². The Bertz CT molecular complexity index is 473. The zero-order valence-electron chi connectivity index (χ0n) is 9.81. The van der Waals surface area contributed by atoms with Crippen LogP contribution in [0.1, 0.15) is 6.92 Å². The number of ether oxygens (including phenoxy) is 2. The zero-order valence-corrected chi connectivity index (χ0v) is 9.81. The molecule has 0 amide bonds. The van der Waals surface area contributed by atoms with Crippen LogP contribution in [0.25, 0.3) is 0 Å². The highest BCUT2D eigenvalue weighted by molar-refractivity contribution is 5.94. The normalized spacial score (nSPS) is 15.6. The minimum absolute atomic E-state index is 0.0703. The van der Waals surface area contributed by atoms with Gasteiger partial charge in [0.2, 0.25) is 0 Å². The van der Waals surface area contributed by atoms with E-state index in [2.05, 4.69) is 4.74 Å². The monoisotopic (exact) mass is 253 g/mol. The van der Waals surface area contributed by atoms with Crippen molar-refractivity contribution in [3.63, 3.8) is 0 Å². The van der Waals surface area contributed by atoms with Crippen molar-refractivity contribution in [2.24, 2.45) is 0 Å². The number of cyclic esters (lactones) is 2. The highest BCUT2D eigenvalue weighted by Gasteiger charge is 2.25. The molecule has 1 heterocycles. The Kier molecular flexibility index (Phi) is 3.45. The molecule has 5 nitrogen and oxygen atoms in total. The van der Waals surface area contributed by atoms with Gasteiger partial charge in [-0.1, -0.05) is 0 Å². The summed E-state index contributed by atoms with van der Waals surface area (Å²) in [5, 5.41) is 0. The van der Waals surface area contributed by atoms with Crippen LogP contribution in [0, 0.1) is 5.82 Å². The van der Waals surface area contributed by atoms with E-state index in [0.29, 0.717) is 12.3 Å². The van der Waals surface area contributed by atoms with Crippen molar-refractivity contribution in [2.75, 3.05) is 24.6 Å². The topological polar surface area (TPSA) is 55.8 Å². The smallest absolute Gasteiger partial charge is 0.333 e. The minimum atomic E-state index is -0.638. The maximum Gasteiger partial charge on any atom is 0.333 e. The van der Waals surface area contributed by atoms with E-state index >= 15 is 0 Å². The second kappa shape index (κ2) is 5.03. The standard InChI is InChI=1S/C12H12FNO4/c1-2-17-10-4-3-8(5-9(10)13)14-6-11(15)18-12(16)7-14/h3-5H,2,6-7H2,1H3. The molecule has 18 heavy (non-hydrogen) atoms. The summed E-state index contributed by atoms with van der Waals surface area (Å²) >= 11 is 0. The number of morpholine rings is 1. The SMILES string of the molecule is CCOc1ccc(N2CC(=O)OC(=O)C2)cc1F. The number of carbonyl (C=O) groups is 2. The lowest BCUT2D eigenvalue weighted by molar-refractivity contribution is -0.160. The summed E-state index contributed by atoms with van der Waals surface area (Å²) in [5.41, 5.74) is 0.445. The predicted octanol–water partition coefficient (Wildman–Crippen LogP) is 1.11. The van der Waals surface area contributed by atoms with E-state index in [1.807, 2.05) is 0 Å². The molecule has 0 unspecified atom stereocenters. The highest BCUT2D eigenvalue weighted by Crippen LogP contribution is 2.24. The van der Waals surface area contributed by atoms with Gasteiger partial charge in [-0.15, -0.1) is 0 Å². The summed E-state index contributed by atoms with van der Waals surface area (Å²) in [6.07, 6.45) is 0. The molecule has 0 spiro atoms. The fraction of sp³-hybridized carbons (Fsp3) is 0.333. The van der Waals surface area contributed by atoms with Crippen molar-refractivity contribution in [3.05, 3.63) is 24.0 Å². The Hall–Kier alpha value is -2.11. The van der Waals surface area contributed by atoms with E-state index in [-0.39, 0.29) is 18.8 Å². The van der Waals surface area contributed by atoms with Crippen LogP contribution in [0.5, 0.6) is 5.75 Å². The summed E-state index contributed by atoms with van der Waals surface area (Å²) < 4.78 is 23.1. The fourth-order valence-electron chi connectivity index (χ4n) is 1.70. The molecule has 1 aromatic carbocycles. The first-order chi connectivity index (χ1) is 8.60. The van der Waals surface area contributed by atoms with Crippen molar-refractivity contribution in [3.8, 4) is 5.75 Å². The van der Waals surface area contributed by atoms with E-state index in [1.165, 1.54) is 17.0 Å². The van der Waals surface area contributed by atoms with Gasteiger partial charge in [0.25, 0.3) is 0 Å². The number of nitrogens with zero attached hydrogens (tertiary/aromatic N) is 1. The molecule has 1 aliphatic heterocycles. The summed E-state index contributed by atoms with van der Waals surface area (Å²) in [4.78, 5) is 23.7. The number of halogens is 1. The Morgan fingerprint density at radius 2 is 2.00 bits per heavy atom. The van der Waals surface area contributed by atoms with Crippen LogP contribution >= 0.6 is 0 Å². The molecule has 1 aromatic rings. The lowest BCUT2D eigenvalue weighted by Crippen LogP contribution is -2.43. The molecule has 1 fully saturated rings. The summed E-state index contributed by atoms with van der Waals surface area (Å²) in [5.74, 6) is -1.66. The average molecular weight is 253 g/mol. The summed E-state index contributed by atoms with van der Waals surface area (Å²) in [6, 6.07) is 4.30. The van der Waals surface area contributed by atoms with Crippen LogP contribution < -0.4 is 9.64 Å². The largest absolute Gasteiger partial charge is 0.491 e. The number of carbonyl (C=O) groups excluding carboxylic acids is 2. The second-order valence-corrected chi connectivity index (χ2v) is 3.75. The maximum absolute atomic E-state index is 13.6.